The van der Waals surface area contributed by atoms with Crippen LogP contribution in [0.1, 0.15) is 55.6 Å². The minimum atomic E-state index is 0.145. The van der Waals surface area contributed by atoms with Gasteiger partial charge in [0, 0.05) is 12.5 Å². The van der Waals surface area contributed by atoms with Crippen LogP contribution in [0, 0.1) is 5.92 Å². The predicted molar refractivity (Wildman–Crippen MR) is 59.0 cm³/mol. The van der Waals surface area contributed by atoms with Gasteiger partial charge in [0.15, 0.2) is 5.78 Å². The van der Waals surface area contributed by atoms with E-state index in [0.29, 0.717) is 11.8 Å². The third-order valence-corrected chi connectivity index (χ3v) is 2.76. The molecule has 1 heterocycles. The van der Waals surface area contributed by atoms with Crippen LogP contribution in [-0.4, -0.2) is 15.6 Å². The number of rotatable bonds is 4. The monoisotopic (exact) mass is 206 g/mol. The van der Waals surface area contributed by atoms with E-state index in [2.05, 4.69) is 18.9 Å². The van der Waals surface area contributed by atoms with Crippen LogP contribution in [0.4, 0.5) is 0 Å². The summed E-state index contributed by atoms with van der Waals surface area (Å²) in [5.74, 6) is 1.30. The van der Waals surface area contributed by atoms with Crippen molar-refractivity contribution < 1.29 is 4.79 Å². The van der Waals surface area contributed by atoms with Crippen LogP contribution in [0.25, 0.3) is 0 Å². The zero-order valence-electron chi connectivity index (χ0n) is 9.66. The van der Waals surface area contributed by atoms with Crippen molar-refractivity contribution in [2.75, 3.05) is 0 Å². The second-order valence-corrected chi connectivity index (χ2v) is 4.85. The van der Waals surface area contributed by atoms with Gasteiger partial charge in [-0.05, 0) is 25.7 Å². The Kier molecular flexibility index (Phi) is 2.63. The summed E-state index contributed by atoms with van der Waals surface area (Å²) in [6.45, 7) is 6.89. The highest BCUT2D eigenvalue weighted by atomic mass is 16.1. The van der Waals surface area contributed by atoms with E-state index >= 15 is 0 Å². The van der Waals surface area contributed by atoms with Gasteiger partial charge in [-0.15, -0.1) is 0 Å². The van der Waals surface area contributed by atoms with E-state index < -0.39 is 0 Å². The maximum Gasteiger partial charge on any atom is 0.163 e. The van der Waals surface area contributed by atoms with Crippen LogP contribution in [-0.2, 0) is 6.54 Å². The summed E-state index contributed by atoms with van der Waals surface area (Å²) in [6, 6.07) is 0. The van der Waals surface area contributed by atoms with Crippen molar-refractivity contribution in [3.63, 3.8) is 0 Å². The molecule has 0 amide bonds. The molecule has 15 heavy (non-hydrogen) atoms. The normalized spacial score (nSPS) is 16.0. The van der Waals surface area contributed by atoms with Crippen LogP contribution < -0.4 is 0 Å². The maximum absolute atomic E-state index is 11.4. The average molecular weight is 206 g/mol. The molecule has 0 bridgehead atoms. The summed E-state index contributed by atoms with van der Waals surface area (Å²) in [5.41, 5.74) is 2.01. The second kappa shape index (κ2) is 3.80. The molecule has 0 N–H and O–H groups in total. The van der Waals surface area contributed by atoms with Crippen LogP contribution in [0.3, 0.4) is 0 Å². The lowest BCUT2D eigenvalue weighted by Crippen LogP contribution is -2.10. The fraction of sp³-hybridized carbons (Fsp3) is 0.667. The van der Waals surface area contributed by atoms with E-state index in [-0.39, 0.29) is 5.78 Å². The lowest BCUT2D eigenvalue weighted by atomic mass is 10.1. The number of hydrogen-bond donors (Lipinski definition) is 0. The van der Waals surface area contributed by atoms with Crippen LogP contribution in [0.15, 0.2) is 6.20 Å². The largest absolute Gasteiger partial charge is 0.294 e. The maximum atomic E-state index is 11.4. The van der Waals surface area contributed by atoms with Gasteiger partial charge < -0.3 is 0 Å². The minimum Gasteiger partial charge on any atom is -0.294 e. The Balaban J connectivity index is 2.33. The Morgan fingerprint density at radius 1 is 1.60 bits per heavy atom. The van der Waals surface area contributed by atoms with Crippen molar-refractivity contribution in [1.29, 1.82) is 0 Å². The lowest BCUT2D eigenvalue weighted by molar-refractivity contribution is 0.101. The molecule has 1 aliphatic rings. The molecule has 1 aromatic rings. The lowest BCUT2D eigenvalue weighted by Gasteiger charge is -2.10. The molecule has 3 nitrogen and oxygen atoms in total. The topological polar surface area (TPSA) is 34.9 Å². The number of Topliss-reactive ketones (excluding diaryl/α,β-unsaturated/α-hetero) is 1. The van der Waals surface area contributed by atoms with Crippen molar-refractivity contribution in [1.82, 2.24) is 9.78 Å². The van der Waals surface area contributed by atoms with Gasteiger partial charge >= 0.3 is 0 Å². The van der Waals surface area contributed by atoms with Crippen molar-refractivity contribution in [2.45, 2.75) is 46.1 Å². The zero-order chi connectivity index (χ0) is 11.0. The molecule has 82 valence electrons. The summed E-state index contributed by atoms with van der Waals surface area (Å²) in [4.78, 5) is 11.4. The van der Waals surface area contributed by atoms with Crippen molar-refractivity contribution in [2.24, 2.45) is 5.92 Å². The van der Waals surface area contributed by atoms with Gasteiger partial charge in [0.1, 0.15) is 0 Å². The van der Waals surface area contributed by atoms with Crippen molar-refractivity contribution >= 4 is 5.78 Å². The van der Waals surface area contributed by atoms with E-state index in [1.807, 2.05) is 4.68 Å². The summed E-state index contributed by atoms with van der Waals surface area (Å²) in [7, 11) is 0. The molecule has 0 spiro atoms. The predicted octanol–water partition coefficient (Wildman–Crippen LogP) is 2.62. The first-order valence-electron chi connectivity index (χ1n) is 5.66. The molecule has 1 aliphatic carbocycles. The van der Waals surface area contributed by atoms with Gasteiger partial charge in [-0.1, -0.05) is 13.8 Å². The first kappa shape index (κ1) is 10.4. The van der Waals surface area contributed by atoms with E-state index in [9.17, 15) is 4.79 Å². The number of aromatic nitrogens is 2. The van der Waals surface area contributed by atoms with E-state index in [0.717, 1.165) is 12.1 Å². The highest BCUT2D eigenvalue weighted by molar-refractivity contribution is 5.95. The third kappa shape index (κ3) is 2.11. The highest BCUT2D eigenvalue weighted by Gasteiger charge is 2.31. The first-order valence-corrected chi connectivity index (χ1v) is 5.66. The molecular weight excluding hydrogens is 188 g/mol. The van der Waals surface area contributed by atoms with Gasteiger partial charge in [-0.3, -0.25) is 9.48 Å². The van der Waals surface area contributed by atoms with Gasteiger partial charge in [0.2, 0.25) is 0 Å². The molecule has 1 aromatic heterocycles. The molecular formula is C12H18N2O. The van der Waals surface area contributed by atoms with Crippen LogP contribution >= 0.6 is 0 Å². The molecule has 0 unspecified atom stereocenters. The highest BCUT2D eigenvalue weighted by Crippen LogP contribution is 2.41. The Labute approximate surface area is 90.5 Å². The minimum absolute atomic E-state index is 0.145. The third-order valence-electron chi connectivity index (χ3n) is 2.76. The van der Waals surface area contributed by atoms with Crippen LogP contribution in [0.2, 0.25) is 0 Å². The fourth-order valence-corrected chi connectivity index (χ4v) is 1.94. The molecule has 0 saturated heterocycles. The van der Waals surface area contributed by atoms with E-state index in [1.165, 1.54) is 18.5 Å². The molecule has 3 heteroatoms. The van der Waals surface area contributed by atoms with E-state index in [4.69, 9.17) is 0 Å². The summed E-state index contributed by atoms with van der Waals surface area (Å²) in [5, 5.41) is 4.33. The van der Waals surface area contributed by atoms with Crippen molar-refractivity contribution in [3.05, 3.63) is 17.5 Å². The van der Waals surface area contributed by atoms with Gasteiger partial charge in [0.05, 0.1) is 17.5 Å². The number of ketones is 1. The second-order valence-electron chi connectivity index (χ2n) is 4.85. The summed E-state index contributed by atoms with van der Waals surface area (Å²) < 4.78 is 2.03. The van der Waals surface area contributed by atoms with Gasteiger partial charge in [0.25, 0.3) is 0 Å². The summed E-state index contributed by atoms with van der Waals surface area (Å²) >= 11 is 0. The zero-order valence-corrected chi connectivity index (χ0v) is 9.66. The van der Waals surface area contributed by atoms with E-state index in [1.54, 1.807) is 13.1 Å². The first-order chi connectivity index (χ1) is 7.09. The molecule has 1 fully saturated rings. The molecule has 0 radical (unpaired) electrons. The quantitative estimate of drug-likeness (QED) is 0.710. The fourth-order valence-electron chi connectivity index (χ4n) is 1.94. The smallest absolute Gasteiger partial charge is 0.163 e. The Bertz CT molecular complexity index is 375. The molecule has 0 aliphatic heterocycles. The Morgan fingerprint density at radius 2 is 2.27 bits per heavy atom. The van der Waals surface area contributed by atoms with Gasteiger partial charge in [-0.2, -0.15) is 5.10 Å². The molecule has 2 rings (SSSR count). The number of hydrogen-bond acceptors (Lipinski definition) is 2. The van der Waals surface area contributed by atoms with Crippen LogP contribution in [0.5, 0.6) is 0 Å². The number of nitrogens with zero attached hydrogens (tertiary/aromatic N) is 2. The SMILES string of the molecule is CC(=O)c1cnn(CC(C)C)c1C1CC1. The average Bonchev–Trinajstić information content (AvgIpc) is 2.87. The van der Waals surface area contributed by atoms with Crippen molar-refractivity contribution in [3.8, 4) is 0 Å². The number of carbonyl (C=O) groups excluding carboxylic acids is 1. The van der Waals surface area contributed by atoms with Gasteiger partial charge in [-0.25, -0.2) is 0 Å². The molecule has 0 atom stereocenters. The Morgan fingerprint density at radius 3 is 2.73 bits per heavy atom. The Hall–Kier alpha value is -1.12. The summed E-state index contributed by atoms with van der Waals surface area (Å²) in [6.07, 6.45) is 4.16. The molecule has 0 aromatic carbocycles. The molecule has 1 saturated carbocycles. The standard InChI is InChI=1S/C12H18N2O/c1-8(2)7-14-12(10-4-5-10)11(6-13-14)9(3)15/h6,8,10H,4-5,7H2,1-3H3. The number of carbonyl (C=O) groups is 1.